The number of aromatic nitrogens is 2. The van der Waals surface area contributed by atoms with Crippen molar-refractivity contribution in [2.75, 3.05) is 0 Å². The summed E-state index contributed by atoms with van der Waals surface area (Å²) < 4.78 is 41.0. The van der Waals surface area contributed by atoms with Crippen molar-refractivity contribution in [3.05, 3.63) is 52.3 Å². The van der Waals surface area contributed by atoms with E-state index in [9.17, 15) is 13.2 Å². The Hall–Kier alpha value is -1.82. The van der Waals surface area contributed by atoms with E-state index in [2.05, 4.69) is 25.9 Å². The van der Waals surface area contributed by atoms with E-state index in [0.717, 1.165) is 6.07 Å². The molecule has 3 aromatic rings. The van der Waals surface area contributed by atoms with Gasteiger partial charge < -0.3 is 4.98 Å². The van der Waals surface area contributed by atoms with Crippen molar-refractivity contribution in [2.24, 2.45) is 0 Å². The normalized spacial score (nSPS) is 11.2. The minimum absolute atomic E-state index is 0.141. The lowest BCUT2D eigenvalue weighted by Gasteiger charge is -1.99. The van der Waals surface area contributed by atoms with Crippen LogP contribution in [0.2, 0.25) is 0 Å². The van der Waals surface area contributed by atoms with Crippen molar-refractivity contribution in [3.63, 3.8) is 0 Å². The number of hydrogen-bond acceptors (Lipinski definition) is 1. The molecule has 0 atom stereocenters. The van der Waals surface area contributed by atoms with Crippen LogP contribution >= 0.6 is 15.9 Å². The first-order chi connectivity index (χ1) is 9.06. The second-order valence-corrected chi connectivity index (χ2v) is 4.88. The number of benzene rings is 2. The fourth-order valence-electron chi connectivity index (χ4n) is 1.83. The van der Waals surface area contributed by atoms with Crippen molar-refractivity contribution in [1.29, 1.82) is 0 Å². The molecule has 96 valence electrons. The number of rotatable bonds is 1. The van der Waals surface area contributed by atoms with Crippen LogP contribution in [0.4, 0.5) is 13.2 Å². The highest BCUT2D eigenvalue weighted by Gasteiger charge is 2.15. The largest absolute Gasteiger partial charge is 0.338 e. The lowest BCUT2D eigenvalue weighted by molar-refractivity contribution is 0.515. The molecule has 0 bridgehead atoms. The fourth-order valence-corrected chi connectivity index (χ4v) is 2.16. The van der Waals surface area contributed by atoms with E-state index in [1.807, 2.05) is 0 Å². The Labute approximate surface area is 114 Å². The van der Waals surface area contributed by atoms with Crippen LogP contribution in [0.15, 0.2) is 34.8 Å². The van der Waals surface area contributed by atoms with Gasteiger partial charge in [0.15, 0.2) is 11.6 Å². The Morgan fingerprint density at radius 3 is 2.53 bits per heavy atom. The van der Waals surface area contributed by atoms with Crippen LogP contribution in [0.3, 0.4) is 0 Å². The average molecular weight is 327 g/mol. The van der Waals surface area contributed by atoms with Gasteiger partial charge in [-0.25, -0.2) is 18.2 Å². The molecule has 19 heavy (non-hydrogen) atoms. The summed E-state index contributed by atoms with van der Waals surface area (Å²) in [4.78, 5) is 6.68. The molecule has 0 radical (unpaired) electrons. The molecule has 0 aliphatic carbocycles. The molecule has 0 aliphatic heterocycles. The first-order valence-corrected chi connectivity index (χ1v) is 6.14. The third-order valence-electron chi connectivity index (χ3n) is 2.73. The first-order valence-electron chi connectivity index (χ1n) is 5.35. The first kappa shape index (κ1) is 12.2. The second kappa shape index (κ2) is 4.38. The van der Waals surface area contributed by atoms with Crippen LogP contribution < -0.4 is 0 Å². The second-order valence-electron chi connectivity index (χ2n) is 3.97. The molecule has 2 aromatic carbocycles. The average Bonchev–Trinajstić information content (AvgIpc) is 2.78. The lowest BCUT2D eigenvalue weighted by Crippen LogP contribution is -1.86. The molecule has 0 saturated carbocycles. The molecule has 2 nitrogen and oxygen atoms in total. The van der Waals surface area contributed by atoms with Gasteiger partial charge >= 0.3 is 0 Å². The van der Waals surface area contributed by atoms with Crippen LogP contribution in [-0.4, -0.2) is 9.97 Å². The monoisotopic (exact) mass is 326 g/mol. The zero-order valence-corrected chi connectivity index (χ0v) is 10.9. The third kappa shape index (κ3) is 2.02. The van der Waals surface area contributed by atoms with Gasteiger partial charge in [0.25, 0.3) is 0 Å². The maximum atomic E-state index is 13.8. The maximum Gasteiger partial charge on any atom is 0.186 e. The SMILES string of the molecule is Fc1cc(Br)ccc1-c1nc2c(F)c(F)ccc2[nH]1. The molecule has 0 fully saturated rings. The third-order valence-corrected chi connectivity index (χ3v) is 3.23. The van der Waals surface area contributed by atoms with Crippen LogP contribution in [0.25, 0.3) is 22.4 Å². The molecule has 0 saturated heterocycles. The molecule has 3 rings (SSSR count). The molecular weight excluding hydrogens is 321 g/mol. The topological polar surface area (TPSA) is 28.7 Å². The molecule has 1 N–H and O–H groups in total. The minimum atomic E-state index is -1.04. The summed E-state index contributed by atoms with van der Waals surface area (Å²) in [6, 6.07) is 6.78. The van der Waals surface area contributed by atoms with E-state index in [0.29, 0.717) is 9.99 Å². The van der Waals surface area contributed by atoms with E-state index < -0.39 is 17.5 Å². The zero-order chi connectivity index (χ0) is 13.6. The number of halogens is 4. The standard InChI is InChI=1S/C13H6BrF3N2/c14-6-1-2-7(9(16)5-6)13-18-10-4-3-8(15)11(17)12(10)19-13/h1-5H,(H,18,19). The van der Waals surface area contributed by atoms with Crippen molar-refractivity contribution < 1.29 is 13.2 Å². The molecule has 1 aromatic heterocycles. The van der Waals surface area contributed by atoms with Crippen LogP contribution in [0.5, 0.6) is 0 Å². The van der Waals surface area contributed by atoms with Crippen molar-refractivity contribution in [2.45, 2.75) is 0 Å². The van der Waals surface area contributed by atoms with Crippen LogP contribution in [0.1, 0.15) is 0 Å². The molecule has 1 heterocycles. The number of nitrogens with zero attached hydrogens (tertiary/aromatic N) is 1. The zero-order valence-electron chi connectivity index (χ0n) is 9.35. The highest BCUT2D eigenvalue weighted by Crippen LogP contribution is 2.27. The van der Waals surface area contributed by atoms with Crippen molar-refractivity contribution in [3.8, 4) is 11.4 Å². The molecular formula is C13H6BrF3N2. The molecule has 6 heteroatoms. The van der Waals surface area contributed by atoms with Gasteiger partial charge in [-0.15, -0.1) is 0 Å². The molecule has 0 amide bonds. The molecule has 0 unspecified atom stereocenters. The van der Waals surface area contributed by atoms with Gasteiger partial charge in [0.1, 0.15) is 17.2 Å². The number of imidazole rings is 1. The summed E-state index contributed by atoms with van der Waals surface area (Å²) in [6.07, 6.45) is 0. The highest BCUT2D eigenvalue weighted by molar-refractivity contribution is 9.10. The van der Waals surface area contributed by atoms with E-state index in [1.54, 1.807) is 6.07 Å². The van der Waals surface area contributed by atoms with Crippen molar-refractivity contribution in [1.82, 2.24) is 9.97 Å². The van der Waals surface area contributed by atoms with Gasteiger partial charge in [-0.1, -0.05) is 15.9 Å². The Balaban J connectivity index is 2.23. The van der Waals surface area contributed by atoms with Gasteiger partial charge in [0.2, 0.25) is 0 Å². The van der Waals surface area contributed by atoms with Gasteiger partial charge in [0, 0.05) is 4.47 Å². The molecule has 0 aliphatic rings. The quantitative estimate of drug-likeness (QED) is 0.705. The Bertz CT molecular complexity index is 783. The maximum absolute atomic E-state index is 13.8. The van der Waals surface area contributed by atoms with E-state index in [1.165, 1.54) is 18.2 Å². The van der Waals surface area contributed by atoms with Gasteiger partial charge in [-0.3, -0.25) is 0 Å². The van der Waals surface area contributed by atoms with Gasteiger partial charge in [-0.05, 0) is 30.3 Å². The highest BCUT2D eigenvalue weighted by atomic mass is 79.9. The number of aromatic amines is 1. The fraction of sp³-hybridized carbons (Fsp3) is 0. The van der Waals surface area contributed by atoms with Gasteiger partial charge in [-0.2, -0.15) is 0 Å². The predicted molar refractivity (Wildman–Crippen MR) is 69.1 cm³/mol. The van der Waals surface area contributed by atoms with Crippen LogP contribution in [-0.2, 0) is 0 Å². The smallest absolute Gasteiger partial charge is 0.186 e. The summed E-state index contributed by atoms with van der Waals surface area (Å²) in [5, 5.41) is 0. The number of H-pyrrole nitrogens is 1. The van der Waals surface area contributed by atoms with Crippen molar-refractivity contribution >= 4 is 27.0 Å². The lowest BCUT2D eigenvalue weighted by atomic mass is 10.2. The van der Waals surface area contributed by atoms with Crippen LogP contribution in [0, 0.1) is 17.5 Å². The van der Waals surface area contributed by atoms with E-state index in [4.69, 9.17) is 0 Å². The number of nitrogens with one attached hydrogen (secondary N) is 1. The predicted octanol–water partition coefficient (Wildman–Crippen LogP) is 4.41. The summed E-state index contributed by atoms with van der Waals surface area (Å²) in [5.74, 6) is -2.38. The van der Waals surface area contributed by atoms with Gasteiger partial charge in [0.05, 0.1) is 11.1 Å². The molecule has 0 spiro atoms. The summed E-state index contributed by atoms with van der Waals surface area (Å²) in [7, 11) is 0. The Morgan fingerprint density at radius 2 is 1.79 bits per heavy atom. The minimum Gasteiger partial charge on any atom is -0.338 e. The Morgan fingerprint density at radius 1 is 1.00 bits per heavy atom. The number of fused-ring (bicyclic) bond motifs is 1. The summed E-state index contributed by atoms with van der Waals surface area (Å²) >= 11 is 3.14. The number of hydrogen-bond donors (Lipinski definition) is 1. The van der Waals surface area contributed by atoms with E-state index in [-0.39, 0.29) is 16.9 Å². The summed E-state index contributed by atoms with van der Waals surface area (Å²) in [6.45, 7) is 0. The van der Waals surface area contributed by atoms with E-state index >= 15 is 0 Å². The summed E-state index contributed by atoms with van der Waals surface area (Å²) in [5.41, 5.74) is 0.368. The Kier molecular flexibility index (Phi) is 2.82.